The summed E-state index contributed by atoms with van der Waals surface area (Å²) in [4.78, 5) is 24.2. The van der Waals surface area contributed by atoms with Crippen LogP contribution in [0.4, 0.5) is 0 Å². The van der Waals surface area contributed by atoms with Gasteiger partial charge < -0.3 is 0 Å². The van der Waals surface area contributed by atoms with Crippen molar-refractivity contribution in [3.05, 3.63) is 52.3 Å². The van der Waals surface area contributed by atoms with E-state index >= 15 is 0 Å². The van der Waals surface area contributed by atoms with Gasteiger partial charge in [-0.15, -0.1) is 11.3 Å². The number of fused-ring (bicyclic) bond motifs is 1. The number of carbonyl (C=O) groups is 2. The second-order valence-electron chi connectivity index (χ2n) is 4.00. The standard InChI is InChI=1S/C13H10N4O2S/c18-12(10-6-3-7-20-10)16-17-13(19)11-8-4-1-2-5-9(8)14-15-11/h1-7H,(H,14,15)(H,16,18)(H,17,19). The molecule has 0 saturated carbocycles. The topological polar surface area (TPSA) is 86.9 Å². The maximum atomic E-state index is 12.0. The molecular weight excluding hydrogens is 276 g/mol. The van der Waals surface area contributed by atoms with Gasteiger partial charge in [-0.3, -0.25) is 25.5 Å². The van der Waals surface area contributed by atoms with E-state index in [2.05, 4.69) is 21.0 Å². The summed E-state index contributed by atoms with van der Waals surface area (Å²) in [6, 6.07) is 10.7. The predicted octanol–water partition coefficient (Wildman–Crippen LogP) is 1.70. The van der Waals surface area contributed by atoms with E-state index in [4.69, 9.17) is 0 Å². The summed E-state index contributed by atoms with van der Waals surface area (Å²) in [5.41, 5.74) is 5.72. The molecule has 3 rings (SSSR count). The fourth-order valence-corrected chi connectivity index (χ4v) is 2.40. The van der Waals surface area contributed by atoms with Gasteiger partial charge in [-0.25, -0.2) is 0 Å². The molecule has 2 amide bonds. The van der Waals surface area contributed by atoms with E-state index in [-0.39, 0.29) is 11.6 Å². The van der Waals surface area contributed by atoms with Crippen molar-refractivity contribution in [1.82, 2.24) is 21.0 Å². The molecule has 2 heterocycles. The smallest absolute Gasteiger partial charge is 0.277 e. The molecule has 7 heteroatoms. The number of rotatable bonds is 2. The Balaban J connectivity index is 1.72. The number of H-pyrrole nitrogens is 1. The van der Waals surface area contributed by atoms with E-state index in [1.807, 2.05) is 18.2 Å². The summed E-state index contributed by atoms with van der Waals surface area (Å²) >= 11 is 1.30. The third-order valence-corrected chi connectivity index (χ3v) is 3.59. The van der Waals surface area contributed by atoms with E-state index in [0.29, 0.717) is 10.3 Å². The number of hydrazine groups is 1. The second-order valence-corrected chi connectivity index (χ2v) is 4.95. The molecule has 2 aromatic heterocycles. The molecule has 0 aliphatic heterocycles. The number of hydrogen-bond donors (Lipinski definition) is 3. The number of amides is 2. The largest absolute Gasteiger partial charge is 0.290 e. The number of nitrogens with one attached hydrogen (secondary N) is 3. The van der Waals surface area contributed by atoms with Crippen molar-refractivity contribution in [2.75, 3.05) is 0 Å². The summed E-state index contributed by atoms with van der Waals surface area (Å²) in [5, 5.41) is 9.21. The Morgan fingerprint density at radius 2 is 1.85 bits per heavy atom. The summed E-state index contributed by atoms with van der Waals surface area (Å²) in [7, 11) is 0. The lowest BCUT2D eigenvalue weighted by Gasteiger charge is -2.04. The lowest BCUT2D eigenvalue weighted by molar-refractivity contribution is 0.0847. The first-order valence-electron chi connectivity index (χ1n) is 5.83. The van der Waals surface area contributed by atoms with Crippen molar-refractivity contribution in [2.45, 2.75) is 0 Å². The average molecular weight is 286 g/mol. The molecule has 0 atom stereocenters. The normalized spacial score (nSPS) is 10.4. The zero-order valence-corrected chi connectivity index (χ0v) is 11.0. The Bertz CT molecular complexity index is 764. The van der Waals surface area contributed by atoms with Gasteiger partial charge in [0.1, 0.15) is 0 Å². The Hall–Kier alpha value is -2.67. The molecule has 0 spiro atoms. The molecule has 3 N–H and O–H groups in total. The van der Waals surface area contributed by atoms with Gasteiger partial charge in [0.2, 0.25) is 0 Å². The number of aromatic nitrogens is 2. The SMILES string of the molecule is O=C(NNC(=O)c1n[nH]c2ccccc12)c1cccs1. The van der Waals surface area contributed by atoms with Crippen LogP contribution in [0.25, 0.3) is 10.9 Å². The van der Waals surface area contributed by atoms with E-state index in [9.17, 15) is 9.59 Å². The van der Waals surface area contributed by atoms with E-state index in [0.717, 1.165) is 5.52 Å². The van der Waals surface area contributed by atoms with Crippen molar-refractivity contribution in [3.8, 4) is 0 Å². The van der Waals surface area contributed by atoms with Crippen molar-refractivity contribution in [3.63, 3.8) is 0 Å². The summed E-state index contributed by atoms with van der Waals surface area (Å²) in [5.74, 6) is -0.819. The number of hydrogen-bond acceptors (Lipinski definition) is 4. The average Bonchev–Trinajstić information content (AvgIpc) is 3.13. The molecule has 100 valence electrons. The second kappa shape index (κ2) is 5.14. The van der Waals surface area contributed by atoms with Crippen LogP contribution < -0.4 is 10.9 Å². The van der Waals surface area contributed by atoms with Crippen LogP contribution in [-0.4, -0.2) is 22.0 Å². The van der Waals surface area contributed by atoms with Gasteiger partial charge in [-0.2, -0.15) is 5.10 Å². The fraction of sp³-hybridized carbons (Fsp3) is 0. The van der Waals surface area contributed by atoms with E-state index < -0.39 is 5.91 Å². The minimum Gasteiger partial charge on any atom is -0.277 e. The Kier molecular flexibility index (Phi) is 3.18. The highest BCUT2D eigenvalue weighted by molar-refractivity contribution is 7.12. The zero-order valence-electron chi connectivity index (χ0n) is 10.2. The molecule has 0 radical (unpaired) electrons. The van der Waals surface area contributed by atoms with Gasteiger partial charge in [0.15, 0.2) is 5.69 Å². The Labute approximate surface area is 117 Å². The zero-order chi connectivity index (χ0) is 13.9. The van der Waals surface area contributed by atoms with Crippen LogP contribution in [0.3, 0.4) is 0 Å². The molecule has 0 unspecified atom stereocenters. The lowest BCUT2D eigenvalue weighted by atomic mass is 10.2. The first kappa shape index (κ1) is 12.4. The van der Waals surface area contributed by atoms with Crippen LogP contribution in [0.5, 0.6) is 0 Å². The first-order valence-corrected chi connectivity index (χ1v) is 6.71. The van der Waals surface area contributed by atoms with Crippen LogP contribution in [0, 0.1) is 0 Å². The number of nitrogens with zero attached hydrogens (tertiary/aromatic N) is 1. The molecule has 0 saturated heterocycles. The molecule has 6 nitrogen and oxygen atoms in total. The molecule has 0 bridgehead atoms. The number of carbonyl (C=O) groups excluding carboxylic acids is 2. The van der Waals surface area contributed by atoms with Gasteiger partial charge >= 0.3 is 0 Å². The monoisotopic (exact) mass is 286 g/mol. The van der Waals surface area contributed by atoms with Crippen molar-refractivity contribution in [1.29, 1.82) is 0 Å². The van der Waals surface area contributed by atoms with Gasteiger partial charge in [0.25, 0.3) is 11.8 Å². The molecule has 20 heavy (non-hydrogen) atoms. The summed E-state index contributed by atoms with van der Waals surface area (Å²) < 4.78 is 0. The molecule has 1 aromatic carbocycles. The fourth-order valence-electron chi connectivity index (χ4n) is 1.78. The van der Waals surface area contributed by atoms with Crippen LogP contribution in [-0.2, 0) is 0 Å². The minimum absolute atomic E-state index is 0.243. The Morgan fingerprint density at radius 1 is 1.05 bits per heavy atom. The van der Waals surface area contributed by atoms with E-state index in [1.54, 1.807) is 23.6 Å². The number of aromatic amines is 1. The molecular formula is C13H10N4O2S. The van der Waals surface area contributed by atoms with Crippen LogP contribution >= 0.6 is 11.3 Å². The highest BCUT2D eigenvalue weighted by Gasteiger charge is 2.15. The predicted molar refractivity (Wildman–Crippen MR) is 75.3 cm³/mol. The summed E-state index contributed by atoms with van der Waals surface area (Å²) in [6.07, 6.45) is 0. The number of para-hydroxylation sites is 1. The molecule has 0 fully saturated rings. The van der Waals surface area contributed by atoms with Crippen LogP contribution in [0.1, 0.15) is 20.2 Å². The van der Waals surface area contributed by atoms with Crippen LogP contribution in [0.15, 0.2) is 41.8 Å². The Morgan fingerprint density at radius 3 is 2.65 bits per heavy atom. The molecule has 3 aromatic rings. The number of benzene rings is 1. The summed E-state index contributed by atoms with van der Waals surface area (Å²) in [6.45, 7) is 0. The third-order valence-electron chi connectivity index (χ3n) is 2.72. The van der Waals surface area contributed by atoms with Gasteiger partial charge in [0, 0.05) is 5.39 Å². The number of thiophene rings is 1. The molecule has 0 aliphatic rings. The highest BCUT2D eigenvalue weighted by Crippen LogP contribution is 2.14. The maximum absolute atomic E-state index is 12.0. The first-order chi connectivity index (χ1) is 9.75. The molecule has 0 aliphatic carbocycles. The quantitative estimate of drug-likeness (QED) is 0.627. The lowest BCUT2D eigenvalue weighted by Crippen LogP contribution is -2.41. The third kappa shape index (κ3) is 2.26. The van der Waals surface area contributed by atoms with Crippen molar-refractivity contribution < 1.29 is 9.59 Å². The van der Waals surface area contributed by atoms with Crippen molar-refractivity contribution in [2.24, 2.45) is 0 Å². The van der Waals surface area contributed by atoms with E-state index in [1.165, 1.54) is 11.3 Å². The van der Waals surface area contributed by atoms with Gasteiger partial charge in [-0.1, -0.05) is 24.3 Å². The maximum Gasteiger partial charge on any atom is 0.290 e. The van der Waals surface area contributed by atoms with Gasteiger partial charge in [0.05, 0.1) is 10.4 Å². The minimum atomic E-state index is -0.465. The van der Waals surface area contributed by atoms with Crippen LogP contribution in [0.2, 0.25) is 0 Å². The highest BCUT2D eigenvalue weighted by atomic mass is 32.1. The van der Waals surface area contributed by atoms with Gasteiger partial charge in [-0.05, 0) is 17.5 Å². The van der Waals surface area contributed by atoms with Crippen molar-refractivity contribution >= 4 is 34.1 Å².